The second-order valence-corrected chi connectivity index (χ2v) is 9.39. The van der Waals surface area contributed by atoms with Gasteiger partial charge in [0, 0.05) is 37.4 Å². The summed E-state index contributed by atoms with van der Waals surface area (Å²) in [6, 6.07) is 2.04. The maximum atomic E-state index is 4.53. The molecular formula is C23H39N3. The maximum Gasteiger partial charge on any atom is 0.0651 e. The summed E-state index contributed by atoms with van der Waals surface area (Å²) in [5.74, 6) is 2.61. The molecule has 26 heavy (non-hydrogen) atoms. The first-order chi connectivity index (χ1) is 12.6. The summed E-state index contributed by atoms with van der Waals surface area (Å²) < 4.78 is 0. The lowest BCUT2D eigenvalue weighted by Gasteiger charge is -2.31. The van der Waals surface area contributed by atoms with Crippen LogP contribution in [-0.2, 0) is 0 Å². The van der Waals surface area contributed by atoms with E-state index in [1.54, 1.807) is 0 Å². The van der Waals surface area contributed by atoms with E-state index in [0.29, 0.717) is 12.1 Å². The minimum Gasteiger partial charge on any atom is -0.374 e. The molecule has 0 aromatic heterocycles. The van der Waals surface area contributed by atoms with Gasteiger partial charge < -0.3 is 4.90 Å². The van der Waals surface area contributed by atoms with Crippen molar-refractivity contribution in [3.8, 4) is 0 Å². The number of rotatable bonds is 9. The van der Waals surface area contributed by atoms with Crippen LogP contribution in [0.15, 0.2) is 24.9 Å². The zero-order chi connectivity index (χ0) is 18.3. The van der Waals surface area contributed by atoms with Gasteiger partial charge in [-0.15, -0.1) is 6.58 Å². The average molecular weight is 358 g/mol. The van der Waals surface area contributed by atoms with Crippen LogP contribution in [0.4, 0.5) is 0 Å². The van der Waals surface area contributed by atoms with Gasteiger partial charge in [0.05, 0.1) is 6.04 Å². The Morgan fingerprint density at radius 1 is 1.19 bits per heavy atom. The van der Waals surface area contributed by atoms with Crippen molar-refractivity contribution >= 4 is 0 Å². The largest absolute Gasteiger partial charge is 0.374 e. The fraction of sp³-hybridized carbons (Fsp3) is 0.826. The summed E-state index contributed by atoms with van der Waals surface area (Å²) >= 11 is 0. The van der Waals surface area contributed by atoms with E-state index < -0.39 is 0 Å². The molecule has 146 valence electrons. The zero-order valence-electron chi connectivity index (χ0n) is 17.1. The minimum absolute atomic E-state index is 0.620. The molecule has 2 aliphatic carbocycles. The Kier molecular flexibility index (Phi) is 5.48. The van der Waals surface area contributed by atoms with Crippen molar-refractivity contribution in [3.63, 3.8) is 0 Å². The molecule has 0 bridgehead atoms. The predicted octanol–water partition coefficient (Wildman–Crippen LogP) is 3.98. The molecule has 2 aliphatic heterocycles. The SMILES string of the molecule is C=CC(C1CCCC1)N1CCC(CN(CC)C(=C)C2C(C3CC3)N2C)C1. The van der Waals surface area contributed by atoms with E-state index in [1.165, 1.54) is 70.3 Å². The van der Waals surface area contributed by atoms with Gasteiger partial charge in [-0.25, -0.2) is 0 Å². The van der Waals surface area contributed by atoms with Crippen molar-refractivity contribution in [1.29, 1.82) is 0 Å². The van der Waals surface area contributed by atoms with Crippen LogP contribution in [0.2, 0.25) is 0 Å². The Morgan fingerprint density at radius 2 is 1.92 bits per heavy atom. The van der Waals surface area contributed by atoms with E-state index in [0.717, 1.165) is 30.3 Å². The van der Waals surface area contributed by atoms with Gasteiger partial charge in [0.25, 0.3) is 0 Å². The first-order valence-corrected chi connectivity index (χ1v) is 11.2. The third-order valence-electron chi connectivity index (χ3n) is 7.72. The Labute approximate surface area is 161 Å². The van der Waals surface area contributed by atoms with Crippen molar-refractivity contribution < 1.29 is 0 Å². The highest BCUT2D eigenvalue weighted by Crippen LogP contribution is 2.48. The summed E-state index contributed by atoms with van der Waals surface area (Å²) in [7, 11) is 2.29. The number of hydrogen-bond donors (Lipinski definition) is 0. The lowest BCUT2D eigenvalue weighted by molar-refractivity contribution is 0.200. The second kappa shape index (κ2) is 7.67. The van der Waals surface area contributed by atoms with E-state index >= 15 is 0 Å². The Balaban J connectivity index is 1.30. The van der Waals surface area contributed by atoms with Gasteiger partial charge in [-0.05, 0) is 70.4 Å². The predicted molar refractivity (Wildman–Crippen MR) is 110 cm³/mol. The Bertz CT molecular complexity index is 520. The highest BCUT2D eigenvalue weighted by Gasteiger charge is 2.54. The van der Waals surface area contributed by atoms with Crippen LogP contribution in [-0.4, -0.2) is 66.1 Å². The summed E-state index contributed by atoms with van der Waals surface area (Å²) in [6.45, 7) is 15.8. The molecule has 0 aromatic carbocycles. The molecule has 2 saturated carbocycles. The normalized spacial score (nSPS) is 36.2. The first kappa shape index (κ1) is 18.6. The molecule has 5 atom stereocenters. The van der Waals surface area contributed by atoms with Gasteiger partial charge in [0.2, 0.25) is 0 Å². The van der Waals surface area contributed by atoms with E-state index in [9.17, 15) is 0 Å². The van der Waals surface area contributed by atoms with Gasteiger partial charge in [-0.3, -0.25) is 9.80 Å². The molecule has 0 aromatic rings. The van der Waals surface area contributed by atoms with Crippen LogP contribution in [0.25, 0.3) is 0 Å². The average Bonchev–Trinajstić information content (AvgIpc) is 3.45. The highest BCUT2D eigenvalue weighted by molar-refractivity contribution is 5.23. The second-order valence-electron chi connectivity index (χ2n) is 9.39. The van der Waals surface area contributed by atoms with Crippen LogP contribution >= 0.6 is 0 Å². The lowest BCUT2D eigenvalue weighted by atomic mass is 9.97. The number of hydrogen-bond acceptors (Lipinski definition) is 3. The van der Waals surface area contributed by atoms with Crippen molar-refractivity contribution in [2.24, 2.45) is 17.8 Å². The van der Waals surface area contributed by atoms with E-state index in [1.807, 2.05) is 0 Å². The van der Waals surface area contributed by atoms with Crippen LogP contribution in [0.5, 0.6) is 0 Å². The molecule has 4 fully saturated rings. The molecule has 3 nitrogen and oxygen atoms in total. The molecule has 4 aliphatic rings. The summed E-state index contributed by atoms with van der Waals surface area (Å²) in [6.07, 6.45) is 12.1. The van der Waals surface area contributed by atoms with E-state index in [-0.39, 0.29) is 0 Å². The molecule has 4 rings (SSSR count). The smallest absolute Gasteiger partial charge is 0.0651 e. The highest BCUT2D eigenvalue weighted by atomic mass is 15.4. The maximum absolute atomic E-state index is 4.53. The molecule has 0 spiro atoms. The summed E-state index contributed by atoms with van der Waals surface area (Å²) in [5, 5.41) is 0. The summed E-state index contributed by atoms with van der Waals surface area (Å²) in [4.78, 5) is 7.88. The Hall–Kier alpha value is -0.800. The van der Waals surface area contributed by atoms with Gasteiger partial charge in [0.1, 0.15) is 0 Å². The molecule has 0 radical (unpaired) electrons. The fourth-order valence-electron chi connectivity index (χ4n) is 5.99. The first-order valence-electron chi connectivity index (χ1n) is 11.2. The van der Waals surface area contributed by atoms with E-state index in [2.05, 4.69) is 47.9 Å². The quantitative estimate of drug-likeness (QED) is 0.456. The third kappa shape index (κ3) is 3.62. The molecular weight excluding hydrogens is 318 g/mol. The third-order valence-corrected chi connectivity index (χ3v) is 7.72. The topological polar surface area (TPSA) is 9.49 Å². The monoisotopic (exact) mass is 357 g/mol. The van der Waals surface area contributed by atoms with Crippen LogP contribution in [0, 0.1) is 17.8 Å². The van der Waals surface area contributed by atoms with Crippen molar-refractivity contribution in [1.82, 2.24) is 14.7 Å². The van der Waals surface area contributed by atoms with Crippen LogP contribution < -0.4 is 0 Å². The minimum atomic E-state index is 0.620. The number of likely N-dealkylation sites (tertiary alicyclic amines) is 1. The van der Waals surface area contributed by atoms with Gasteiger partial charge in [-0.2, -0.15) is 0 Å². The number of nitrogens with zero attached hydrogens (tertiary/aromatic N) is 3. The van der Waals surface area contributed by atoms with Gasteiger partial charge in [-0.1, -0.05) is 25.5 Å². The van der Waals surface area contributed by atoms with Gasteiger partial charge >= 0.3 is 0 Å². The standard InChI is InChI=1S/C23H39N3/c1-5-21(19-9-7-8-10-19)26-14-13-18(16-26)15-25(6-2)17(3)22-23(24(22)4)20-11-12-20/h5,18-23H,1,3,6-16H2,2,4H3. The molecule has 5 unspecified atom stereocenters. The van der Waals surface area contributed by atoms with Crippen LogP contribution in [0.3, 0.4) is 0 Å². The van der Waals surface area contributed by atoms with E-state index in [4.69, 9.17) is 0 Å². The molecule has 0 amide bonds. The van der Waals surface area contributed by atoms with Crippen molar-refractivity contribution in [3.05, 3.63) is 24.9 Å². The van der Waals surface area contributed by atoms with Gasteiger partial charge in [0.15, 0.2) is 0 Å². The zero-order valence-corrected chi connectivity index (χ0v) is 17.1. The molecule has 2 heterocycles. The molecule has 0 N–H and O–H groups in total. The summed E-state index contributed by atoms with van der Waals surface area (Å²) in [5.41, 5.74) is 1.39. The van der Waals surface area contributed by atoms with Crippen molar-refractivity contribution in [2.75, 3.05) is 33.2 Å². The lowest BCUT2D eigenvalue weighted by Crippen LogP contribution is -2.38. The van der Waals surface area contributed by atoms with Crippen molar-refractivity contribution in [2.45, 2.75) is 70.0 Å². The number of likely N-dealkylation sites (N-methyl/N-ethyl adjacent to an activating group) is 2. The fourth-order valence-corrected chi connectivity index (χ4v) is 5.99. The van der Waals surface area contributed by atoms with Crippen LogP contribution in [0.1, 0.15) is 51.9 Å². The Morgan fingerprint density at radius 3 is 2.54 bits per heavy atom. The molecule has 2 saturated heterocycles. The molecule has 3 heteroatoms.